The zero-order valence-electron chi connectivity index (χ0n) is 13.4. The van der Waals surface area contributed by atoms with E-state index < -0.39 is 0 Å². The molecule has 0 spiro atoms. The third kappa shape index (κ3) is 4.45. The minimum Gasteiger partial charge on any atom is -0.396 e. The summed E-state index contributed by atoms with van der Waals surface area (Å²) in [5.41, 5.74) is 2.60. The lowest BCUT2D eigenvalue weighted by atomic mass is 9.79. The van der Waals surface area contributed by atoms with E-state index in [-0.39, 0.29) is 17.9 Å². The second-order valence-electron chi connectivity index (χ2n) is 5.78. The van der Waals surface area contributed by atoms with E-state index in [0.29, 0.717) is 23.6 Å². The normalized spacial score (nSPS) is 11.5. The Labute approximate surface area is 132 Å². The summed E-state index contributed by atoms with van der Waals surface area (Å²) < 4.78 is 0. The number of amides is 1. The quantitative estimate of drug-likeness (QED) is 0.803. The summed E-state index contributed by atoms with van der Waals surface area (Å²) in [6.45, 7) is 8.83. The van der Waals surface area contributed by atoms with Gasteiger partial charge in [0, 0.05) is 13.2 Å². The Kier molecular flexibility index (Phi) is 6.69. The van der Waals surface area contributed by atoms with Crippen molar-refractivity contribution in [2.45, 2.75) is 47.0 Å². The molecule has 0 radical (unpaired) electrons. The smallest absolute Gasteiger partial charge is 0.252 e. The highest BCUT2D eigenvalue weighted by Gasteiger charge is 2.26. The van der Waals surface area contributed by atoms with E-state index in [1.807, 2.05) is 26.0 Å². The van der Waals surface area contributed by atoms with Gasteiger partial charge in [-0.2, -0.15) is 0 Å². The molecule has 0 aliphatic carbocycles. The maximum Gasteiger partial charge on any atom is 0.252 e. The van der Waals surface area contributed by atoms with Gasteiger partial charge in [-0.1, -0.05) is 25.4 Å². The number of rotatable bonds is 7. The summed E-state index contributed by atoms with van der Waals surface area (Å²) in [5.74, 6) is -0.146. The first-order valence-electron chi connectivity index (χ1n) is 7.55. The summed E-state index contributed by atoms with van der Waals surface area (Å²) in [4.78, 5) is 12.4. The fourth-order valence-electron chi connectivity index (χ4n) is 2.50. The zero-order chi connectivity index (χ0) is 16.0. The van der Waals surface area contributed by atoms with Gasteiger partial charge in [0.1, 0.15) is 0 Å². The summed E-state index contributed by atoms with van der Waals surface area (Å²) in [7, 11) is 0. The number of aliphatic hydroxyl groups excluding tert-OH is 1. The van der Waals surface area contributed by atoms with Crippen LogP contribution in [-0.4, -0.2) is 24.2 Å². The third-order valence-corrected chi connectivity index (χ3v) is 4.91. The predicted molar refractivity (Wildman–Crippen MR) is 88.0 cm³/mol. The average molecular weight is 312 g/mol. The molecule has 0 unspecified atom stereocenters. The van der Waals surface area contributed by atoms with E-state index in [1.54, 1.807) is 0 Å². The van der Waals surface area contributed by atoms with Crippen molar-refractivity contribution in [3.63, 3.8) is 0 Å². The van der Waals surface area contributed by atoms with Crippen LogP contribution in [0.2, 0.25) is 5.02 Å². The Morgan fingerprint density at radius 3 is 2.33 bits per heavy atom. The number of carbonyl (C=O) groups is 1. The van der Waals surface area contributed by atoms with Crippen LogP contribution in [-0.2, 0) is 0 Å². The summed E-state index contributed by atoms with van der Waals surface area (Å²) in [6.07, 6.45) is 2.54. The lowest BCUT2D eigenvalue weighted by molar-refractivity contribution is 0.0907. The van der Waals surface area contributed by atoms with Crippen molar-refractivity contribution in [1.29, 1.82) is 0 Å². The van der Waals surface area contributed by atoms with Gasteiger partial charge in [0.25, 0.3) is 5.91 Å². The molecule has 0 atom stereocenters. The van der Waals surface area contributed by atoms with Crippen LogP contribution >= 0.6 is 11.6 Å². The van der Waals surface area contributed by atoms with Crippen molar-refractivity contribution in [2.24, 2.45) is 5.41 Å². The van der Waals surface area contributed by atoms with Gasteiger partial charge in [-0.25, -0.2) is 0 Å². The van der Waals surface area contributed by atoms with Crippen LogP contribution < -0.4 is 5.32 Å². The molecule has 0 aromatic heterocycles. The number of carbonyl (C=O) groups excluding carboxylic acids is 1. The fourth-order valence-corrected chi connectivity index (χ4v) is 2.80. The van der Waals surface area contributed by atoms with Gasteiger partial charge in [0.2, 0.25) is 0 Å². The molecule has 0 saturated heterocycles. The molecule has 118 valence electrons. The largest absolute Gasteiger partial charge is 0.396 e. The molecular weight excluding hydrogens is 286 g/mol. The van der Waals surface area contributed by atoms with Gasteiger partial charge in [-0.05, 0) is 61.8 Å². The second kappa shape index (κ2) is 7.81. The predicted octanol–water partition coefficient (Wildman–Crippen LogP) is 3.88. The van der Waals surface area contributed by atoms with Gasteiger partial charge in [-0.15, -0.1) is 0 Å². The molecule has 21 heavy (non-hydrogen) atoms. The van der Waals surface area contributed by atoms with Crippen molar-refractivity contribution >= 4 is 17.5 Å². The summed E-state index contributed by atoms with van der Waals surface area (Å²) in [5, 5.41) is 12.7. The van der Waals surface area contributed by atoms with Crippen molar-refractivity contribution in [1.82, 2.24) is 5.32 Å². The van der Waals surface area contributed by atoms with Crippen LogP contribution in [0.4, 0.5) is 0 Å². The molecule has 1 rings (SSSR count). The van der Waals surface area contributed by atoms with Crippen molar-refractivity contribution in [3.8, 4) is 0 Å². The Bertz CT molecular complexity index is 496. The number of halogens is 1. The van der Waals surface area contributed by atoms with Crippen LogP contribution in [0, 0.1) is 19.3 Å². The van der Waals surface area contributed by atoms with Gasteiger partial charge in [-0.3, -0.25) is 4.79 Å². The van der Waals surface area contributed by atoms with Gasteiger partial charge < -0.3 is 10.4 Å². The monoisotopic (exact) mass is 311 g/mol. The third-order valence-electron chi connectivity index (χ3n) is 4.59. The van der Waals surface area contributed by atoms with Crippen LogP contribution in [0.15, 0.2) is 12.1 Å². The van der Waals surface area contributed by atoms with Gasteiger partial charge in [0.05, 0.1) is 10.6 Å². The fraction of sp³-hybridized carbons (Fsp3) is 0.588. The van der Waals surface area contributed by atoms with Crippen molar-refractivity contribution in [3.05, 3.63) is 33.8 Å². The van der Waals surface area contributed by atoms with E-state index >= 15 is 0 Å². The lowest BCUT2D eigenvalue weighted by Gasteiger charge is -2.31. The highest BCUT2D eigenvalue weighted by molar-refractivity contribution is 6.34. The Hall–Kier alpha value is -1.06. The molecule has 1 aromatic rings. The molecule has 2 N–H and O–H groups in total. The van der Waals surface area contributed by atoms with Crippen molar-refractivity contribution in [2.75, 3.05) is 13.2 Å². The Morgan fingerprint density at radius 2 is 1.81 bits per heavy atom. The molecule has 0 fully saturated rings. The molecule has 1 aromatic carbocycles. The standard InChI is InChI=1S/C17H26ClNO2/c1-5-17(6-2,7-8-20)11-19-16(21)14-9-12(3)13(4)10-15(14)18/h9-10,20H,5-8,11H2,1-4H3,(H,19,21). The summed E-state index contributed by atoms with van der Waals surface area (Å²) >= 11 is 6.17. The molecule has 0 bridgehead atoms. The lowest BCUT2D eigenvalue weighted by Crippen LogP contribution is -2.37. The van der Waals surface area contributed by atoms with Gasteiger partial charge in [0.15, 0.2) is 0 Å². The van der Waals surface area contributed by atoms with Crippen LogP contribution in [0.25, 0.3) is 0 Å². The number of aliphatic hydroxyl groups is 1. The Morgan fingerprint density at radius 1 is 1.24 bits per heavy atom. The molecule has 0 aliphatic heterocycles. The molecule has 0 aliphatic rings. The van der Waals surface area contributed by atoms with Crippen LogP contribution in [0.1, 0.15) is 54.6 Å². The SMILES string of the molecule is CCC(CC)(CCO)CNC(=O)c1cc(C)c(C)cc1Cl. The minimum atomic E-state index is -0.146. The van der Waals surface area contributed by atoms with Gasteiger partial charge >= 0.3 is 0 Å². The maximum atomic E-state index is 12.4. The molecule has 3 nitrogen and oxygen atoms in total. The molecule has 0 heterocycles. The molecule has 1 amide bonds. The van der Waals surface area contributed by atoms with Crippen LogP contribution in [0.5, 0.6) is 0 Å². The van der Waals surface area contributed by atoms with E-state index in [2.05, 4.69) is 19.2 Å². The first-order chi connectivity index (χ1) is 9.89. The number of hydrogen-bond donors (Lipinski definition) is 2. The highest BCUT2D eigenvalue weighted by Crippen LogP contribution is 2.29. The molecular formula is C17H26ClNO2. The van der Waals surface area contributed by atoms with Crippen molar-refractivity contribution < 1.29 is 9.90 Å². The Balaban J connectivity index is 2.84. The van der Waals surface area contributed by atoms with E-state index in [1.165, 1.54) is 0 Å². The minimum absolute atomic E-state index is 0.0450. The molecule has 0 saturated carbocycles. The van der Waals surface area contributed by atoms with Crippen LogP contribution in [0.3, 0.4) is 0 Å². The maximum absolute atomic E-state index is 12.4. The molecule has 4 heteroatoms. The number of aryl methyl sites for hydroxylation is 2. The average Bonchev–Trinajstić information content (AvgIpc) is 2.47. The summed E-state index contributed by atoms with van der Waals surface area (Å²) in [6, 6.07) is 3.66. The zero-order valence-corrected chi connectivity index (χ0v) is 14.2. The number of benzene rings is 1. The highest BCUT2D eigenvalue weighted by atomic mass is 35.5. The number of hydrogen-bond acceptors (Lipinski definition) is 2. The van der Waals surface area contributed by atoms with E-state index in [4.69, 9.17) is 11.6 Å². The first-order valence-corrected chi connectivity index (χ1v) is 7.92. The second-order valence-corrected chi connectivity index (χ2v) is 6.19. The number of nitrogens with one attached hydrogen (secondary N) is 1. The van der Waals surface area contributed by atoms with E-state index in [9.17, 15) is 9.90 Å². The topological polar surface area (TPSA) is 49.3 Å². The first kappa shape index (κ1) is 18.0. The van der Waals surface area contributed by atoms with E-state index in [0.717, 1.165) is 24.0 Å².